The van der Waals surface area contributed by atoms with E-state index in [4.69, 9.17) is 10.5 Å². The molecule has 112 valence electrons. The van der Waals surface area contributed by atoms with Gasteiger partial charge in [-0.05, 0) is 23.8 Å². The van der Waals surface area contributed by atoms with Gasteiger partial charge in [-0.3, -0.25) is 4.79 Å². The predicted molar refractivity (Wildman–Crippen MR) is 86.6 cm³/mol. The number of rotatable bonds is 5. The molecule has 0 radical (unpaired) electrons. The van der Waals surface area contributed by atoms with Gasteiger partial charge in [-0.1, -0.05) is 38.1 Å². The lowest BCUT2D eigenvalue weighted by Crippen LogP contribution is -2.36. The molecule has 0 aliphatic heterocycles. The highest BCUT2D eigenvalue weighted by atomic mass is 16.5. The summed E-state index contributed by atoms with van der Waals surface area (Å²) in [6.45, 7) is 4.10. The fourth-order valence-electron chi connectivity index (χ4n) is 2.37. The zero-order chi connectivity index (χ0) is 15.4. The first kappa shape index (κ1) is 15.3. The molecule has 4 heteroatoms. The first-order chi connectivity index (χ1) is 10.0. The van der Waals surface area contributed by atoms with Crippen molar-refractivity contribution in [2.24, 2.45) is 11.7 Å². The van der Waals surface area contributed by atoms with Crippen LogP contribution in [0, 0.1) is 5.92 Å². The summed E-state index contributed by atoms with van der Waals surface area (Å²) in [5.74, 6) is 0.957. The number of amides is 1. The van der Waals surface area contributed by atoms with Gasteiger partial charge < -0.3 is 15.8 Å². The van der Waals surface area contributed by atoms with Gasteiger partial charge in [0.1, 0.15) is 5.75 Å². The molecule has 0 aliphatic carbocycles. The van der Waals surface area contributed by atoms with E-state index in [1.807, 2.05) is 50.2 Å². The van der Waals surface area contributed by atoms with Crippen molar-refractivity contribution in [2.45, 2.75) is 26.3 Å². The summed E-state index contributed by atoms with van der Waals surface area (Å²) in [6.07, 6.45) is 0.663. The molecule has 4 nitrogen and oxygen atoms in total. The highest BCUT2D eigenvalue weighted by molar-refractivity contribution is 5.99. The molecular formula is C17H22N2O2. The van der Waals surface area contributed by atoms with Crippen LogP contribution in [0.25, 0.3) is 10.8 Å². The van der Waals surface area contributed by atoms with E-state index in [-0.39, 0.29) is 5.91 Å². The van der Waals surface area contributed by atoms with Crippen molar-refractivity contribution in [3.8, 4) is 5.75 Å². The number of nitrogens with one attached hydrogen (secondary N) is 1. The van der Waals surface area contributed by atoms with Crippen molar-refractivity contribution in [3.63, 3.8) is 0 Å². The van der Waals surface area contributed by atoms with E-state index < -0.39 is 6.04 Å². The van der Waals surface area contributed by atoms with Crippen molar-refractivity contribution < 1.29 is 9.53 Å². The maximum atomic E-state index is 12.1. The van der Waals surface area contributed by atoms with Crippen LogP contribution in [0.1, 0.15) is 20.3 Å². The van der Waals surface area contributed by atoms with Crippen molar-refractivity contribution >= 4 is 22.4 Å². The number of carbonyl (C=O) groups excluding carboxylic acids is 1. The van der Waals surface area contributed by atoms with E-state index in [1.54, 1.807) is 7.11 Å². The van der Waals surface area contributed by atoms with Gasteiger partial charge in [0.05, 0.1) is 13.2 Å². The fourth-order valence-corrected chi connectivity index (χ4v) is 2.37. The number of hydrogen-bond donors (Lipinski definition) is 2. The van der Waals surface area contributed by atoms with Gasteiger partial charge in [-0.2, -0.15) is 0 Å². The quantitative estimate of drug-likeness (QED) is 0.887. The maximum Gasteiger partial charge on any atom is 0.241 e. The minimum atomic E-state index is -0.498. The molecule has 0 spiro atoms. The number of fused-ring (bicyclic) bond motifs is 1. The van der Waals surface area contributed by atoms with Crippen LogP contribution in [0.4, 0.5) is 5.69 Å². The van der Waals surface area contributed by atoms with E-state index in [2.05, 4.69) is 5.32 Å². The van der Waals surface area contributed by atoms with Crippen LogP contribution >= 0.6 is 0 Å². The molecule has 2 aromatic rings. The van der Waals surface area contributed by atoms with E-state index in [0.29, 0.717) is 18.0 Å². The molecule has 1 amide bonds. The lowest BCUT2D eigenvalue weighted by Gasteiger charge is -2.15. The largest absolute Gasteiger partial charge is 0.496 e. The molecule has 21 heavy (non-hydrogen) atoms. The average molecular weight is 286 g/mol. The van der Waals surface area contributed by atoms with Gasteiger partial charge in [0.25, 0.3) is 0 Å². The second-order valence-electron chi connectivity index (χ2n) is 5.62. The van der Waals surface area contributed by atoms with Crippen LogP contribution in [0.3, 0.4) is 0 Å². The normalized spacial score (nSPS) is 12.4. The third-order valence-corrected chi connectivity index (χ3v) is 3.37. The van der Waals surface area contributed by atoms with Gasteiger partial charge in [0, 0.05) is 17.1 Å². The van der Waals surface area contributed by atoms with Crippen LogP contribution < -0.4 is 15.8 Å². The number of benzene rings is 2. The minimum absolute atomic E-state index is 0.166. The van der Waals surface area contributed by atoms with Gasteiger partial charge >= 0.3 is 0 Å². The SMILES string of the molecule is COc1cc(NC(=O)[C@H](N)CC(C)C)cc2ccccc12. The Labute approximate surface area is 125 Å². The monoisotopic (exact) mass is 286 g/mol. The summed E-state index contributed by atoms with van der Waals surface area (Å²) in [5, 5.41) is 4.91. The first-order valence-corrected chi connectivity index (χ1v) is 7.14. The third-order valence-electron chi connectivity index (χ3n) is 3.37. The summed E-state index contributed by atoms with van der Waals surface area (Å²) in [4.78, 5) is 12.1. The van der Waals surface area contributed by atoms with Crippen LogP contribution in [0.2, 0.25) is 0 Å². The van der Waals surface area contributed by atoms with Gasteiger partial charge in [0.15, 0.2) is 0 Å². The molecule has 1 atom stereocenters. The Morgan fingerprint density at radius 1 is 1.29 bits per heavy atom. The Morgan fingerprint density at radius 3 is 2.67 bits per heavy atom. The van der Waals surface area contributed by atoms with E-state index in [0.717, 1.165) is 16.5 Å². The number of ether oxygens (including phenoxy) is 1. The summed E-state index contributed by atoms with van der Waals surface area (Å²) in [7, 11) is 1.62. The van der Waals surface area contributed by atoms with Gasteiger partial charge in [-0.25, -0.2) is 0 Å². The zero-order valence-corrected chi connectivity index (χ0v) is 12.7. The standard InChI is InChI=1S/C17H22N2O2/c1-11(2)8-15(18)17(20)19-13-9-12-6-4-5-7-14(12)16(10-13)21-3/h4-7,9-11,15H,8,18H2,1-3H3,(H,19,20)/t15-/m1/s1. The second kappa shape index (κ2) is 6.59. The van der Waals surface area contributed by atoms with Crippen molar-refractivity contribution in [1.29, 1.82) is 0 Å². The number of anilines is 1. The smallest absolute Gasteiger partial charge is 0.241 e. The molecule has 0 aliphatic rings. The maximum absolute atomic E-state index is 12.1. The van der Waals surface area contributed by atoms with Gasteiger partial charge in [0.2, 0.25) is 5.91 Å². The van der Waals surface area contributed by atoms with Crippen LogP contribution in [-0.4, -0.2) is 19.1 Å². The Bertz CT molecular complexity index is 638. The second-order valence-corrected chi connectivity index (χ2v) is 5.62. The summed E-state index contributed by atoms with van der Waals surface area (Å²) < 4.78 is 5.39. The van der Waals surface area contributed by atoms with Crippen molar-refractivity contribution in [1.82, 2.24) is 0 Å². The molecule has 0 aromatic heterocycles. The van der Waals surface area contributed by atoms with Crippen LogP contribution in [-0.2, 0) is 4.79 Å². The Balaban J connectivity index is 2.24. The molecule has 0 unspecified atom stereocenters. The van der Waals surface area contributed by atoms with E-state index in [9.17, 15) is 4.79 Å². The number of hydrogen-bond acceptors (Lipinski definition) is 3. The highest BCUT2D eigenvalue weighted by Gasteiger charge is 2.15. The van der Waals surface area contributed by atoms with E-state index in [1.165, 1.54) is 0 Å². The molecule has 0 bridgehead atoms. The minimum Gasteiger partial charge on any atom is -0.496 e. The zero-order valence-electron chi connectivity index (χ0n) is 12.7. The third kappa shape index (κ3) is 3.73. The highest BCUT2D eigenvalue weighted by Crippen LogP contribution is 2.29. The molecule has 0 fully saturated rings. The molecule has 0 heterocycles. The summed E-state index contributed by atoms with van der Waals surface area (Å²) in [6, 6.07) is 11.1. The summed E-state index contributed by atoms with van der Waals surface area (Å²) >= 11 is 0. The summed E-state index contributed by atoms with van der Waals surface area (Å²) in [5.41, 5.74) is 6.61. The Kier molecular flexibility index (Phi) is 4.81. The first-order valence-electron chi connectivity index (χ1n) is 7.14. The molecule has 2 rings (SSSR count). The number of carbonyl (C=O) groups is 1. The lowest BCUT2D eigenvalue weighted by molar-refractivity contribution is -0.117. The van der Waals surface area contributed by atoms with Crippen molar-refractivity contribution in [2.75, 3.05) is 12.4 Å². The van der Waals surface area contributed by atoms with E-state index >= 15 is 0 Å². The van der Waals surface area contributed by atoms with Crippen LogP contribution in [0.5, 0.6) is 5.75 Å². The number of methoxy groups -OCH3 is 1. The average Bonchev–Trinajstić information content (AvgIpc) is 2.45. The van der Waals surface area contributed by atoms with Gasteiger partial charge in [-0.15, -0.1) is 0 Å². The molecule has 0 saturated carbocycles. The Morgan fingerprint density at radius 2 is 2.00 bits per heavy atom. The molecule has 0 saturated heterocycles. The lowest BCUT2D eigenvalue weighted by atomic mass is 10.0. The topological polar surface area (TPSA) is 64.3 Å². The molecule has 2 aromatic carbocycles. The number of nitrogens with two attached hydrogens (primary N) is 1. The molecule has 3 N–H and O–H groups in total. The van der Waals surface area contributed by atoms with Crippen LogP contribution in [0.15, 0.2) is 36.4 Å². The van der Waals surface area contributed by atoms with Crippen molar-refractivity contribution in [3.05, 3.63) is 36.4 Å². The fraction of sp³-hybridized carbons (Fsp3) is 0.353. The molecular weight excluding hydrogens is 264 g/mol. The predicted octanol–water partition coefficient (Wildman–Crippen LogP) is 3.16. The Hall–Kier alpha value is -2.07.